The molecule has 3 fully saturated rings. The summed E-state index contributed by atoms with van der Waals surface area (Å²) < 4.78 is 30.9. The van der Waals surface area contributed by atoms with Crippen molar-refractivity contribution in [2.24, 2.45) is 0 Å². The van der Waals surface area contributed by atoms with Crippen LogP contribution in [0.4, 0.5) is 0 Å². The first-order chi connectivity index (χ1) is 15.0. The highest BCUT2D eigenvalue weighted by Crippen LogP contribution is 2.28. The van der Waals surface area contributed by atoms with E-state index in [2.05, 4.69) is 0 Å². The van der Waals surface area contributed by atoms with Crippen LogP contribution in [0.5, 0.6) is 0 Å². The van der Waals surface area contributed by atoms with Gasteiger partial charge in [0.2, 0.25) is 0 Å². The molecule has 0 aliphatic carbocycles. The fourth-order valence-corrected chi connectivity index (χ4v) is 3.35. The number of aliphatic hydroxyl groups is 6. The lowest BCUT2D eigenvalue weighted by Crippen LogP contribution is -2.63. The topological polar surface area (TPSA) is 251 Å². The van der Waals surface area contributed by atoms with Crippen LogP contribution in [0.25, 0.3) is 0 Å². The Balaban J connectivity index is 1.94. The number of aliphatic carboxylic acids is 2. The Kier molecular flexibility index (Phi) is 8.07. The van der Waals surface area contributed by atoms with Crippen LogP contribution in [0.15, 0.2) is 0 Å². The predicted octanol–water partition coefficient (Wildman–Crippen LogP) is -6.09. The molecule has 3 aliphatic heterocycles. The van der Waals surface area contributed by atoms with Gasteiger partial charge in [0.25, 0.3) is 0 Å². The van der Waals surface area contributed by atoms with Crippen molar-refractivity contribution in [3.05, 3.63) is 0 Å². The number of carbonyl (C=O) groups is 2. The molecule has 4 bridgehead atoms. The Hall–Kier alpha value is -1.41. The summed E-state index contributed by atoms with van der Waals surface area (Å²) in [5, 5.41) is 79.6. The zero-order valence-corrected chi connectivity index (χ0v) is 16.2. The summed E-state index contributed by atoms with van der Waals surface area (Å²) in [7, 11) is -3.55. The molecule has 3 heterocycles. The first-order valence-corrected chi connectivity index (χ1v) is 9.40. The van der Waals surface area contributed by atoms with E-state index in [0.29, 0.717) is 0 Å². The Labute approximate surface area is 180 Å². The molecule has 0 aromatic carbocycles. The van der Waals surface area contributed by atoms with E-state index < -0.39 is 94.2 Å². The van der Waals surface area contributed by atoms with Crippen molar-refractivity contribution in [1.29, 1.82) is 0 Å². The Morgan fingerprint density at radius 3 is 2.09 bits per heavy atom. The minimum absolute atomic E-state index is 0.271. The Morgan fingerprint density at radius 2 is 1.47 bits per heavy atom. The third kappa shape index (κ3) is 5.22. The molecule has 180 valence electrons. The summed E-state index contributed by atoms with van der Waals surface area (Å²) in [4.78, 5) is 22.6. The van der Waals surface area contributed by atoms with Crippen LogP contribution >= 0.6 is 0 Å². The van der Waals surface area contributed by atoms with Gasteiger partial charge in [0.05, 0.1) is 19.3 Å². The second-order valence-corrected chi connectivity index (χ2v) is 7.33. The van der Waals surface area contributed by atoms with E-state index in [1.165, 1.54) is 0 Å². The maximum atomic E-state index is 11.5. The molecule has 8 N–H and O–H groups in total. The van der Waals surface area contributed by atoms with Crippen molar-refractivity contribution in [3.63, 3.8) is 0 Å². The summed E-state index contributed by atoms with van der Waals surface area (Å²) in [5.74, 6) is -3.59. The van der Waals surface area contributed by atoms with Gasteiger partial charge in [0.15, 0.2) is 12.2 Å². The molecule has 0 aromatic rings. The van der Waals surface area contributed by atoms with E-state index in [9.17, 15) is 45.3 Å². The van der Waals surface area contributed by atoms with Crippen LogP contribution in [0.1, 0.15) is 0 Å². The van der Waals surface area contributed by atoms with E-state index in [1.54, 1.807) is 0 Å². The lowest BCUT2D eigenvalue weighted by molar-refractivity contribution is -0.200. The average Bonchev–Trinajstić information content (AvgIpc) is 3.22. The second kappa shape index (κ2) is 10.2. The van der Waals surface area contributed by atoms with Crippen LogP contribution in [-0.2, 0) is 37.5 Å². The molecule has 0 radical (unpaired) electrons. The van der Waals surface area contributed by atoms with Crippen LogP contribution < -0.4 is 0 Å². The van der Waals surface area contributed by atoms with Gasteiger partial charge in [-0.25, -0.2) is 9.59 Å². The molecule has 0 aromatic heterocycles. The summed E-state index contributed by atoms with van der Waals surface area (Å²) in [5.41, 5.74) is 0. The van der Waals surface area contributed by atoms with Crippen LogP contribution in [0, 0.1) is 0 Å². The zero-order chi connectivity index (χ0) is 23.7. The molecule has 16 nitrogen and oxygen atoms in total. The SMILES string of the molecule is O=C(O)C(O)C(O)C1OB2OC(C(=O)O)C(O)C(O2)C(O)C2COB(OCC(O)C1O)O2. The minimum atomic E-state index is -2.51. The van der Waals surface area contributed by atoms with Crippen molar-refractivity contribution in [2.45, 2.75) is 61.0 Å². The summed E-state index contributed by atoms with van der Waals surface area (Å²) in [6, 6.07) is 0. The van der Waals surface area contributed by atoms with Gasteiger partial charge in [-0.1, -0.05) is 0 Å². The number of carboxylic acid groups (broad SMARTS) is 2. The van der Waals surface area contributed by atoms with Gasteiger partial charge in [-0.3, -0.25) is 0 Å². The highest BCUT2D eigenvalue weighted by Gasteiger charge is 2.54. The third-order valence-corrected chi connectivity index (χ3v) is 5.13. The first-order valence-electron chi connectivity index (χ1n) is 9.40. The van der Waals surface area contributed by atoms with Crippen molar-refractivity contribution >= 4 is 26.6 Å². The highest BCUT2D eigenvalue weighted by atomic mass is 16.8. The Bertz CT molecular complexity index is 683. The normalized spacial score (nSPS) is 40.6. The summed E-state index contributed by atoms with van der Waals surface area (Å²) in [6.07, 6.45) is -19.6. The van der Waals surface area contributed by atoms with Gasteiger partial charge in [-0.2, -0.15) is 0 Å². The number of aliphatic hydroxyl groups excluding tert-OH is 6. The molecule has 3 saturated heterocycles. The van der Waals surface area contributed by atoms with Gasteiger partial charge in [-0.05, 0) is 0 Å². The van der Waals surface area contributed by atoms with E-state index in [1.807, 2.05) is 0 Å². The number of hydrogen-bond acceptors (Lipinski definition) is 14. The van der Waals surface area contributed by atoms with E-state index in [0.717, 1.165) is 0 Å². The van der Waals surface area contributed by atoms with Crippen LogP contribution in [0.2, 0.25) is 0 Å². The summed E-state index contributed by atoms with van der Waals surface area (Å²) >= 11 is 0. The first kappa shape index (κ1) is 25.2. The average molecular weight is 468 g/mol. The minimum Gasteiger partial charge on any atom is -0.479 e. The molecule has 3 rings (SSSR count). The molecular formula is C14H22B2O16. The van der Waals surface area contributed by atoms with E-state index in [4.69, 9.17) is 33.0 Å². The number of fused-ring (bicyclic) bond motifs is 4. The summed E-state index contributed by atoms with van der Waals surface area (Å²) in [6.45, 7) is -0.964. The maximum Gasteiger partial charge on any atom is 0.640 e. The highest BCUT2D eigenvalue weighted by molar-refractivity contribution is 6.37. The van der Waals surface area contributed by atoms with Gasteiger partial charge < -0.3 is 68.8 Å². The predicted molar refractivity (Wildman–Crippen MR) is 94.2 cm³/mol. The lowest BCUT2D eigenvalue weighted by Gasteiger charge is -2.40. The number of rotatable bonds is 4. The van der Waals surface area contributed by atoms with E-state index >= 15 is 0 Å². The molecule has 32 heavy (non-hydrogen) atoms. The lowest BCUT2D eigenvalue weighted by atomic mass is 9.92. The van der Waals surface area contributed by atoms with Crippen molar-refractivity contribution in [3.8, 4) is 0 Å². The standard InChI is InChI=1S/C14H22B2O16/c17-3-1-27-15-28-2-4(29-15)6(19)11-9(22)12(14(25)26)32-16(31-11)30-10(5(3)18)7(20)8(21)13(23)24/h3-12,17-22H,1-2H2,(H,23,24)(H,25,26). The molecule has 0 spiro atoms. The van der Waals surface area contributed by atoms with E-state index in [-0.39, 0.29) is 6.61 Å². The zero-order valence-electron chi connectivity index (χ0n) is 16.2. The van der Waals surface area contributed by atoms with Gasteiger partial charge in [0.1, 0.15) is 42.7 Å². The number of hydrogen-bond donors (Lipinski definition) is 8. The van der Waals surface area contributed by atoms with Crippen molar-refractivity contribution < 1.29 is 78.4 Å². The molecule has 10 atom stereocenters. The molecule has 0 saturated carbocycles. The van der Waals surface area contributed by atoms with Crippen LogP contribution in [0.3, 0.4) is 0 Å². The largest absolute Gasteiger partial charge is 0.640 e. The molecule has 10 unspecified atom stereocenters. The second-order valence-electron chi connectivity index (χ2n) is 7.33. The molecule has 18 heteroatoms. The fraction of sp³-hybridized carbons (Fsp3) is 0.857. The van der Waals surface area contributed by atoms with Crippen molar-refractivity contribution in [1.82, 2.24) is 0 Å². The van der Waals surface area contributed by atoms with Crippen LogP contribution in [-0.4, -0.2) is 142 Å². The third-order valence-electron chi connectivity index (χ3n) is 5.13. The van der Waals surface area contributed by atoms with Gasteiger partial charge >= 0.3 is 26.6 Å². The van der Waals surface area contributed by atoms with Crippen molar-refractivity contribution in [2.75, 3.05) is 13.2 Å². The quantitative estimate of drug-likeness (QED) is 0.179. The smallest absolute Gasteiger partial charge is 0.479 e. The van der Waals surface area contributed by atoms with Gasteiger partial charge in [-0.15, -0.1) is 0 Å². The molecule has 3 aliphatic rings. The Morgan fingerprint density at radius 1 is 0.812 bits per heavy atom. The fourth-order valence-electron chi connectivity index (χ4n) is 3.35. The van der Waals surface area contributed by atoms with Gasteiger partial charge in [0, 0.05) is 0 Å². The molecular weight excluding hydrogens is 446 g/mol. The monoisotopic (exact) mass is 468 g/mol. The molecule has 0 amide bonds. The number of carboxylic acids is 2. The maximum absolute atomic E-state index is 11.5.